The van der Waals surface area contributed by atoms with Crippen molar-refractivity contribution in [2.45, 2.75) is 13.3 Å². The second kappa shape index (κ2) is 7.96. The van der Waals surface area contributed by atoms with Gasteiger partial charge in [-0.15, -0.1) is 12.4 Å². The molecular formula is C11H17ClN2O2. The molecule has 0 atom stereocenters. The van der Waals surface area contributed by atoms with Crippen molar-refractivity contribution in [1.82, 2.24) is 0 Å². The first kappa shape index (κ1) is 14.7. The number of carbonyl (C=O) groups is 1. The smallest absolute Gasteiger partial charge is 0.224 e. The van der Waals surface area contributed by atoms with Gasteiger partial charge >= 0.3 is 0 Å². The van der Waals surface area contributed by atoms with E-state index in [1.54, 1.807) is 24.3 Å². The van der Waals surface area contributed by atoms with Crippen LogP contribution in [0.1, 0.15) is 13.3 Å². The van der Waals surface area contributed by atoms with E-state index >= 15 is 0 Å². The lowest BCUT2D eigenvalue weighted by Gasteiger charge is -2.06. The van der Waals surface area contributed by atoms with Gasteiger partial charge in [-0.1, -0.05) is 6.92 Å². The van der Waals surface area contributed by atoms with E-state index in [0.29, 0.717) is 19.6 Å². The van der Waals surface area contributed by atoms with Crippen molar-refractivity contribution in [2.24, 2.45) is 5.73 Å². The fourth-order valence-electron chi connectivity index (χ4n) is 1.06. The van der Waals surface area contributed by atoms with Gasteiger partial charge in [-0.25, -0.2) is 0 Å². The van der Waals surface area contributed by atoms with Crippen molar-refractivity contribution < 1.29 is 9.53 Å². The monoisotopic (exact) mass is 244 g/mol. The zero-order chi connectivity index (χ0) is 11.1. The van der Waals surface area contributed by atoms with E-state index in [1.165, 1.54) is 0 Å². The minimum absolute atomic E-state index is 0. The molecule has 0 spiro atoms. The van der Waals surface area contributed by atoms with Crippen molar-refractivity contribution in [3.63, 3.8) is 0 Å². The summed E-state index contributed by atoms with van der Waals surface area (Å²) in [6.45, 7) is 2.81. The van der Waals surface area contributed by atoms with E-state index in [-0.39, 0.29) is 18.3 Å². The van der Waals surface area contributed by atoms with Crippen LogP contribution in [0.15, 0.2) is 24.3 Å². The third-order valence-electron chi connectivity index (χ3n) is 1.85. The topological polar surface area (TPSA) is 64.3 Å². The molecule has 0 unspecified atom stereocenters. The fourth-order valence-corrected chi connectivity index (χ4v) is 1.06. The van der Waals surface area contributed by atoms with Crippen LogP contribution in [0.4, 0.5) is 5.69 Å². The highest BCUT2D eigenvalue weighted by atomic mass is 35.5. The highest BCUT2D eigenvalue weighted by Gasteiger charge is 1.98. The first-order valence-corrected chi connectivity index (χ1v) is 4.99. The molecule has 1 aromatic rings. The maximum Gasteiger partial charge on any atom is 0.224 e. The Kier molecular flexibility index (Phi) is 7.33. The molecule has 0 saturated heterocycles. The van der Waals surface area contributed by atoms with E-state index in [2.05, 4.69) is 5.32 Å². The molecule has 0 aliphatic heterocycles. The van der Waals surface area contributed by atoms with Crippen LogP contribution in [0.25, 0.3) is 0 Å². The highest BCUT2D eigenvalue weighted by molar-refractivity contribution is 5.90. The Hall–Kier alpha value is -1.26. The van der Waals surface area contributed by atoms with E-state index in [1.807, 2.05) is 6.92 Å². The molecule has 0 radical (unpaired) electrons. The molecule has 1 rings (SSSR count). The van der Waals surface area contributed by atoms with Crippen LogP contribution < -0.4 is 15.8 Å². The normalized spacial score (nSPS) is 9.12. The third kappa shape index (κ3) is 5.00. The zero-order valence-electron chi connectivity index (χ0n) is 9.23. The number of hydrogen-bond donors (Lipinski definition) is 2. The molecule has 0 heterocycles. The molecule has 0 fully saturated rings. The van der Waals surface area contributed by atoms with Crippen molar-refractivity contribution in [1.29, 1.82) is 0 Å². The van der Waals surface area contributed by atoms with E-state index in [4.69, 9.17) is 10.5 Å². The van der Waals surface area contributed by atoms with Gasteiger partial charge in [0.25, 0.3) is 0 Å². The van der Waals surface area contributed by atoms with Crippen LogP contribution in [-0.2, 0) is 4.79 Å². The Labute approximate surface area is 102 Å². The molecule has 5 heteroatoms. The quantitative estimate of drug-likeness (QED) is 0.830. The van der Waals surface area contributed by atoms with Crippen molar-refractivity contribution in [3.8, 4) is 5.75 Å². The van der Waals surface area contributed by atoms with Gasteiger partial charge in [0.05, 0.1) is 0 Å². The number of nitrogens with two attached hydrogens (primary N) is 1. The summed E-state index contributed by atoms with van der Waals surface area (Å²) in [5.41, 5.74) is 6.09. The second-order valence-electron chi connectivity index (χ2n) is 3.06. The lowest BCUT2D eigenvalue weighted by atomic mass is 10.3. The van der Waals surface area contributed by atoms with Crippen LogP contribution in [-0.4, -0.2) is 19.1 Å². The summed E-state index contributed by atoms with van der Waals surface area (Å²) in [6, 6.07) is 7.22. The van der Waals surface area contributed by atoms with Gasteiger partial charge in [0.1, 0.15) is 12.4 Å². The molecule has 0 bridgehead atoms. The predicted molar refractivity (Wildman–Crippen MR) is 67.2 cm³/mol. The lowest BCUT2D eigenvalue weighted by Crippen LogP contribution is -2.11. The average molecular weight is 245 g/mol. The van der Waals surface area contributed by atoms with Gasteiger partial charge in [-0.05, 0) is 24.3 Å². The summed E-state index contributed by atoms with van der Waals surface area (Å²) < 4.78 is 5.30. The number of carbonyl (C=O) groups excluding carboxylic acids is 1. The summed E-state index contributed by atoms with van der Waals surface area (Å²) in [5.74, 6) is 0.764. The Morgan fingerprint density at radius 2 is 2.00 bits per heavy atom. The molecule has 3 N–H and O–H groups in total. The van der Waals surface area contributed by atoms with Crippen LogP contribution in [0, 0.1) is 0 Å². The minimum atomic E-state index is 0. The van der Waals surface area contributed by atoms with Gasteiger partial charge in [0.2, 0.25) is 5.91 Å². The predicted octanol–water partition coefficient (Wildman–Crippen LogP) is 1.79. The second-order valence-corrected chi connectivity index (χ2v) is 3.06. The van der Waals surface area contributed by atoms with Crippen molar-refractivity contribution >= 4 is 24.0 Å². The number of rotatable bonds is 5. The molecule has 1 amide bonds. The number of nitrogens with one attached hydrogen (secondary N) is 1. The summed E-state index contributed by atoms with van der Waals surface area (Å²) in [4.78, 5) is 11.1. The number of benzene rings is 1. The maximum atomic E-state index is 11.1. The third-order valence-corrected chi connectivity index (χ3v) is 1.85. The molecule has 0 aliphatic rings. The number of halogens is 1. The minimum Gasteiger partial charge on any atom is -0.492 e. The Bertz CT molecular complexity index is 314. The van der Waals surface area contributed by atoms with Crippen LogP contribution in [0.3, 0.4) is 0 Å². The van der Waals surface area contributed by atoms with E-state index in [0.717, 1.165) is 11.4 Å². The summed E-state index contributed by atoms with van der Waals surface area (Å²) in [5, 5.41) is 2.76. The molecule has 4 nitrogen and oxygen atoms in total. The number of hydrogen-bond acceptors (Lipinski definition) is 3. The molecule has 16 heavy (non-hydrogen) atoms. The molecule has 0 aliphatic carbocycles. The van der Waals surface area contributed by atoms with Gasteiger partial charge < -0.3 is 15.8 Å². The van der Waals surface area contributed by atoms with Crippen LogP contribution >= 0.6 is 12.4 Å². The summed E-state index contributed by atoms with van der Waals surface area (Å²) >= 11 is 0. The number of amides is 1. The SMILES string of the molecule is CCC(=O)Nc1ccc(OCCN)cc1.Cl. The molecule has 1 aromatic carbocycles. The molecule has 0 saturated carbocycles. The van der Waals surface area contributed by atoms with E-state index < -0.39 is 0 Å². The Morgan fingerprint density at radius 3 is 2.50 bits per heavy atom. The molecule has 90 valence electrons. The van der Waals surface area contributed by atoms with Gasteiger partial charge in [0, 0.05) is 18.7 Å². The van der Waals surface area contributed by atoms with E-state index in [9.17, 15) is 4.79 Å². The Morgan fingerprint density at radius 1 is 1.38 bits per heavy atom. The first-order chi connectivity index (χ1) is 7.26. The largest absolute Gasteiger partial charge is 0.492 e. The lowest BCUT2D eigenvalue weighted by molar-refractivity contribution is -0.115. The highest BCUT2D eigenvalue weighted by Crippen LogP contribution is 2.15. The first-order valence-electron chi connectivity index (χ1n) is 4.99. The van der Waals surface area contributed by atoms with Crippen molar-refractivity contribution in [3.05, 3.63) is 24.3 Å². The average Bonchev–Trinajstić information content (AvgIpc) is 2.28. The Balaban J connectivity index is 0.00000225. The number of ether oxygens (including phenoxy) is 1. The number of anilines is 1. The fraction of sp³-hybridized carbons (Fsp3) is 0.364. The van der Waals surface area contributed by atoms with Gasteiger partial charge in [-0.2, -0.15) is 0 Å². The van der Waals surface area contributed by atoms with Gasteiger partial charge in [-0.3, -0.25) is 4.79 Å². The summed E-state index contributed by atoms with van der Waals surface area (Å²) in [7, 11) is 0. The molecular weight excluding hydrogens is 228 g/mol. The standard InChI is InChI=1S/C11H16N2O2.ClH/c1-2-11(14)13-9-3-5-10(6-4-9)15-8-7-12;/h3-6H,2,7-8,12H2,1H3,(H,13,14);1H. The van der Waals surface area contributed by atoms with Crippen molar-refractivity contribution in [2.75, 3.05) is 18.5 Å². The van der Waals surface area contributed by atoms with Crippen LogP contribution in [0.5, 0.6) is 5.75 Å². The van der Waals surface area contributed by atoms with Gasteiger partial charge in [0.15, 0.2) is 0 Å². The summed E-state index contributed by atoms with van der Waals surface area (Å²) in [6.07, 6.45) is 0.478. The molecule has 0 aromatic heterocycles. The zero-order valence-corrected chi connectivity index (χ0v) is 10.0. The van der Waals surface area contributed by atoms with Crippen LogP contribution in [0.2, 0.25) is 0 Å². The maximum absolute atomic E-state index is 11.1.